The Morgan fingerprint density at radius 1 is 1.38 bits per heavy atom. The molecule has 0 aliphatic carbocycles. The van der Waals surface area contributed by atoms with E-state index in [0.29, 0.717) is 6.04 Å². The zero-order valence-corrected chi connectivity index (χ0v) is 15.9. The fraction of sp³-hybridized carbons (Fsp3) is 0.667. The number of aliphatic hydroxyl groups is 1. The van der Waals surface area contributed by atoms with Gasteiger partial charge in [-0.15, -0.1) is 0 Å². The summed E-state index contributed by atoms with van der Waals surface area (Å²) in [5, 5.41) is 18.9. The maximum Gasteiger partial charge on any atom is 0.291 e. The number of likely N-dealkylation sites (N-methyl/N-ethyl adjacent to an activating group) is 1. The summed E-state index contributed by atoms with van der Waals surface area (Å²) in [5.41, 5.74) is 0.686. The summed E-state index contributed by atoms with van der Waals surface area (Å²) in [7, 11) is 4.15. The van der Waals surface area contributed by atoms with Crippen molar-refractivity contribution < 1.29 is 9.90 Å². The smallest absolute Gasteiger partial charge is 0.291 e. The summed E-state index contributed by atoms with van der Waals surface area (Å²) >= 11 is 0. The summed E-state index contributed by atoms with van der Waals surface area (Å²) in [6.07, 6.45) is 1.08. The number of aryl methyl sites for hydroxylation is 1. The highest BCUT2D eigenvalue weighted by molar-refractivity contribution is 5.92. The molecule has 0 spiro atoms. The quantitative estimate of drug-likeness (QED) is 0.829. The summed E-state index contributed by atoms with van der Waals surface area (Å²) in [6, 6.07) is 2.43. The number of rotatable bonds is 4. The standard InChI is InChI=1S/C18H26N6O2/c1-12-13(2)20-15(17(25)24-10-18(26,11-24)6-7-19)21-16(12)23-8-5-14(9-23)22(3)4/h14,26H,5-6,8-11H2,1-4H3/t14-/m1/s1. The third-order valence-corrected chi connectivity index (χ3v) is 5.41. The van der Waals surface area contributed by atoms with Gasteiger partial charge in [-0.1, -0.05) is 0 Å². The largest absolute Gasteiger partial charge is 0.385 e. The Balaban J connectivity index is 1.79. The zero-order valence-electron chi connectivity index (χ0n) is 15.9. The molecule has 0 aromatic carbocycles. The van der Waals surface area contributed by atoms with E-state index in [4.69, 9.17) is 5.26 Å². The van der Waals surface area contributed by atoms with Gasteiger partial charge in [-0.3, -0.25) is 4.79 Å². The Bertz CT molecular complexity index is 751. The molecule has 2 saturated heterocycles. The molecule has 0 saturated carbocycles. The van der Waals surface area contributed by atoms with Crippen LogP contribution in [0.15, 0.2) is 0 Å². The first-order valence-electron chi connectivity index (χ1n) is 8.89. The van der Waals surface area contributed by atoms with E-state index in [1.165, 1.54) is 4.90 Å². The highest BCUT2D eigenvalue weighted by atomic mass is 16.3. The molecule has 26 heavy (non-hydrogen) atoms. The Kier molecular flexibility index (Phi) is 4.86. The Hall–Kier alpha value is -2.24. The van der Waals surface area contributed by atoms with Gasteiger partial charge in [0.1, 0.15) is 11.4 Å². The van der Waals surface area contributed by atoms with Crippen LogP contribution in [0.1, 0.15) is 34.7 Å². The van der Waals surface area contributed by atoms with Crippen molar-refractivity contribution in [2.45, 2.75) is 38.3 Å². The molecule has 1 aromatic rings. The molecule has 1 N–H and O–H groups in total. The van der Waals surface area contributed by atoms with Crippen LogP contribution in [0.5, 0.6) is 0 Å². The van der Waals surface area contributed by atoms with Crippen molar-refractivity contribution in [1.82, 2.24) is 19.8 Å². The van der Waals surface area contributed by atoms with Crippen molar-refractivity contribution in [3.05, 3.63) is 17.1 Å². The molecule has 1 atom stereocenters. The minimum atomic E-state index is -1.10. The summed E-state index contributed by atoms with van der Waals surface area (Å²) in [4.78, 5) is 27.6. The summed E-state index contributed by atoms with van der Waals surface area (Å²) < 4.78 is 0. The van der Waals surface area contributed by atoms with Gasteiger partial charge in [0.25, 0.3) is 5.91 Å². The molecular weight excluding hydrogens is 332 g/mol. The molecule has 8 nitrogen and oxygen atoms in total. The van der Waals surface area contributed by atoms with Crippen molar-refractivity contribution >= 4 is 11.7 Å². The minimum Gasteiger partial charge on any atom is -0.385 e. The lowest BCUT2D eigenvalue weighted by atomic mass is 9.91. The second kappa shape index (κ2) is 6.82. The molecule has 140 valence electrons. The first kappa shape index (κ1) is 18.5. The van der Waals surface area contributed by atoms with Crippen LogP contribution in [-0.4, -0.2) is 82.7 Å². The lowest BCUT2D eigenvalue weighted by Crippen LogP contribution is -2.63. The average Bonchev–Trinajstić information content (AvgIpc) is 3.04. The molecule has 2 aliphatic heterocycles. The molecule has 2 fully saturated rings. The lowest BCUT2D eigenvalue weighted by molar-refractivity contribution is -0.0774. The average molecular weight is 358 g/mol. The summed E-state index contributed by atoms with van der Waals surface area (Å²) in [5.74, 6) is 0.689. The highest BCUT2D eigenvalue weighted by Crippen LogP contribution is 2.28. The number of amides is 1. The monoisotopic (exact) mass is 358 g/mol. The number of aromatic nitrogens is 2. The lowest BCUT2D eigenvalue weighted by Gasteiger charge is -2.44. The molecule has 0 unspecified atom stereocenters. The molecule has 0 bridgehead atoms. The third-order valence-electron chi connectivity index (χ3n) is 5.41. The maximum atomic E-state index is 12.7. The number of hydrogen-bond acceptors (Lipinski definition) is 7. The molecule has 1 amide bonds. The van der Waals surface area contributed by atoms with Crippen molar-refractivity contribution in [1.29, 1.82) is 5.26 Å². The van der Waals surface area contributed by atoms with Gasteiger partial charge in [0, 0.05) is 30.4 Å². The van der Waals surface area contributed by atoms with Crippen LogP contribution in [0.2, 0.25) is 0 Å². The molecule has 8 heteroatoms. The van der Waals surface area contributed by atoms with Crippen LogP contribution >= 0.6 is 0 Å². The van der Waals surface area contributed by atoms with Gasteiger partial charge in [0.05, 0.1) is 25.6 Å². The van der Waals surface area contributed by atoms with Crippen molar-refractivity contribution in [3.8, 4) is 6.07 Å². The number of carbonyl (C=O) groups is 1. The van der Waals surface area contributed by atoms with E-state index in [-0.39, 0.29) is 31.2 Å². The van der Waals surface area contributed by atoms with Gasteiger partial charge in [-0.05, 0) is 34.4 Å². The Morgan fingerprint density at radius 3 is 2.65 bits per heavy atom. The van der Waals surface area contributed by atoms with Crippen LogP contribution in [0.4, 0.5) is 5.82 Å². The number of nitriles is 1. The normalized spacial score (nSPS) is 21.7. The number of likely N-dealkylation sites (tertiary alicyclic amines) is 1. The van der Waals surface area contributed by atoms with E-state index >= 15 is 0 Å². The molecule has 2 aliphatic rings. The molecule has 3 heterocycles. The van der Waals surface area contributed by atoms with Gasteiger partial charge in [0.2, 0.25) is 5.82 Å². The van der Waals surface area contributed by atoms with Crippen LogP contribution < -0.4 is 4.90 Å². The van der Waals surface area contributed by atoms with Crippen molar-refractivity contribution in [3.63, 3.8) is 0 Å². The minimum absolute atomic E-state index is 0.0233. The number of hydrogen-bond donors (Lipinski definition) is 1. The van der Waals surface area contributed by atoms with E-state index in [2.05, 4.69) is 33.9 Å². The van der Waals surface area contributed by atoms with E-state index in [9.17, 15) is 9.90 Å². The van der Waals surface area contributed by atoms with E-state index in [1.54, 1.807) is 0 Å². The number of β-amino-alcohol motifs (C(OH)–C–C–N with tert-alkyl or cyclic N) is 1. The van der Waals surface area contributed by atoms with Gasteiger partial charge in [-0.25, -0.2) is 9.97 Å². The van der Waals surface area contributed by atoms with Gasteiger partial charge < -0.3 is 19.8 Å². The SMILES string of the molecule is Cc1nc(C(=O)N2CC(O)(CC#N)C2)nc(N2CC[C@@H](N(C)C)C2)c1C. The van der Waals surface area contributed by atoms with E-state index < -0.39 is 5.60 Å². The van der Waals surface area contributed by atoms with Gasteiger partial charge in [0.15, 0.2) is 0 Å². The van der Waals surface area contributed by atoms with Crippen LogP contribution in [0.3, 0.4) is 0 Å². The van der Waals surface area contributed by atoms with Crippen LogP contribution in [0, 0.1) is 25.2 Å². The molecule has 3 rings (SSSR count). The zero-order chi connectivity index (χ0) is 19.1. The molecule has 0 radical (unpaired) electrons. The van der Waals surface area contributed by atoms with Gasteiger partial charge in [-0.2, -0.15) is 5.26 Å². The second-order valence-corrected chi connectivity index (χ2v) is 7.65. The van der Waals surface area contributed by atoms with E-state index in [0.717, 1.165) is 36.6 Å². The Morgan fingerprint density at radius 2 is 2.08 bits per heavy atom. The molecular formula is C18H26N6O2. The van der Waals surface area contributed by atoms with E-state index in [1.807, 2.05) is 19.9 Å². The third kappa shape index (κ3) is 3.37. The molecule has 1 aromatic heterocycles. The fourth-order valence-corrected chi connectivity index (χ4v) is 3.58. The van der Waals surface area contributed by atoms with Crippen LogP contribution in [0.25, 0.3) is 0 Å². The highest BCUT2D eigenvalue weighted by Gasteiger charge is 2.44. The Labute approximate surface area is 154 Å². The van der Waals surface area contributed by atoms with Gasteiger partial charge >= 0.3 is 0 Å². The van der Waals surface area contributed by atoms with Crippen LogP contribution in [-0.2, 0) is 0 Å². The topological polar surface area (TPSA) is 96.6 Å². The van der Waals surface area contributed by atoms with Crippen molar-refractivity contribution in [2.24, 2.45) is 0 Å². The maximum absolute atomic E-state index is 12.7. The number of carbonyl (C=O) groups excluding carboxylic acids is 1. The number of nitrogens with zero attached hydrogens (tertiary/aromatic N) is 6. The predicted octanol–water partition coefficient (Wildman–Crippen LogP) is 0.334. The van der Waals surface area contributed by atoms with Crippen molar-refractivity contribution in [2.75, 3.05) is 45.2 Å². The predicted molar refractivity (Wildman–Crippen MR) is 96.9 cm³/mol. The fourth-order valence-electron chi connectivity index (χ4n) is 3.58. The first-order valence-corrected chi connectivity index (χ1v) is 8.89. The first-order chi connectivity index (χ1) is 12.2. The number of anilines is 1. The second-order valence-electron chi connectivity index (χ2n) is 7.65. The summed E-state index contributed by atoms with van der Waals surface area (Å²) in [6.45, 7) is 5.95.